The second-order valence-electron chi connectivity index (χ2n) is 13.9. The smallest absolute Gasteiger partial charge is 0.194 e. The van der Waals surface area contributed by atoms with Gasteiger partial charge in [-0.25, -0.2) is 0 Å². The van der Waals surface area contributed by atoms with Crippen molar-refractivity contribution in [2.75, 3.05) is 0 Å². The number of hydrogen-bond acceptors (Lipinski definition) is 1. The van der Waals surface area contributed by atoms with Gasteiger partial charge in [0.15, 0.2) is 5.78 Å². The lowest BCUT2D eigenvalue weighted by Gasteiger charge is -2.24. The highest BCUT2D eigenvalue weighted by Crippen LogP contribution is 2.51. The van der Waals surface area contributed by atoms with Gasteiger partial charge in [-0.3, -0.25) is 4.79 Å². The first-order chi connectivity index (χ1) is 25.7. The fourth-order valence-electron chi connectivity index (χ4n) is 8.68. The molecular weight excluding hydrogens is 629 g/mol. The summed E-state index contributed by atoms with van der Waals surface area (Å²) in [6.45, 7) is 0. The molecule has 0 saturated heterocycles. The van der Waals surface area contributed by atoms with Crippen LogP contribution in [0.3, 0.4) is 0 Å². The molecule has 1 heteroatoms. The lowest BCUT2D eigenvalue weighted by Crippen LogP contribution is -2.14. The lowest BCUT2D eigenvalue weighted by atomic mass is 9.78. The van der Waals surface area contributed by atoms with E-state index in [4.69, 9.17) is 0 Å². The molecule has 2 aliphatic carbocycles. The molecule has 0 fully saturated rings. The Labute approximate surface area is 304 Å². The Kier molecular flexibility index (Phi) is 7.18. The second kappa shape index (κ2) is 12.3. The Bertz CT molecular complexity index is 2470. The van der Waals surface area contributed by atoms with Gasteiger partial charge in [0, 0.05) is 22.3 Å². The zero-order chi connectivity index (χ0) is 34.6. The first kappa shape index (κ1) is 30.3. The Balaban J connectivity index is 1.36. The van der Waals surface area contributed by atoms with Gasteiger partial charge in [0.2, 0.25) is 0 Å². The molecule has 2 aliphatic rings. The number of carbonyl (C=O) groups is 1. The lowest BCUT2D eigenvalue weighted by molar-refractivity contribution is 0.103. The molecule has 0 bridgehead atoms. The molecule has 8 aromatic carbocycles. The van der Waals surface area contributed by atoms with E-state index < -0.39 is 0 Å². The fraction of sp³-hybridized carbons (Fsp3) is 0.0392. The summed E-state index contributed by atoms with van der Waals surface area (Å²) in [7, 11) is 0. The van der Waals surface area contributed by atoms with Crippen molar-refractivity contribution < 1.29 is 4.79 Å². The second-order valence-corrected chi connectivity index (χ2v) is 13.9. The van der Waals surface area contributed by atoms with Crippen LogP contribution >= 0.6 is 0 Å². The predicted molar refractivity (Wildman–Crippen MR) is 215 cm³/mol. The maximum absolute atomic E-state index is 16.4. The summed E-state index contributed by atoms with van der Waals surface area (Å²) >= 11 is 0. The Morgan fingerprint density at radius 3 is 1.04 bits per heavy atom. The van der Waals surface area contributed by atoms with E-state index in [1.807, 2.05) is 0 Å². The first-order valence-electron chi connectivity index (χ1n) is 18.1. The van der Waals surface area contributed by atoms with E-state index in [1.165, 1.54) is 22.3 Å². The van der Waals surface area contributed by atoms with Gasteiger partial charge in [-0.15, -0.1) is 0 Å². The van der Waals surface area contributed by atoms with E-state index in [9.17, 15) is 0 Å². The van der Waals surface area contributed by atoms with Gasteiger partial charge in [0.1, 0.15) is 0 Å². The summed E-state index contributed by atoms with van der Waals surface area (Å²) < 4.78 is 0. The SMILES string of the molecule is O=C(c1c2c(cc(-c3ccccc3)c1-c1ccccc1)-c1ccccc1C2)c1c2c(cc(-c3ccccc3)c1-c1ccccc1)-c1ccccc1C2. The molecule has 52 heavy (non-hydrogen) atoms. The van der Waals surface area contributed by atoms with Gasteiger partial charge < -0.3 is 0 Å². The number of ketones is 1. The van der Waals surface area contributed by atoms with E-state index in [1.54, 1.807) is 0 Å². The summed E-state index contributed by atoms with van der Waals surface area (Å²) in [6.07, 6.45) is 1.42. The Morgan fingerprint density at radius 1 is 0.327 bits per heavy atom. The summed E-state index contributed by atoms with van der Waals surface area (Å²) in [6, 6.07) is 64.2. The van der Waals surface area contributed by atoms with Crippen LogP contribution in [0, 0.1) is 0 Å². The number of fused-ring (bicyclic) bond motifs is 6. The van der Waals surface area contributed by atoms with Crippen molar-refractivity contribution >= 4 is 5.78 Å². The van der Waals surface area contributed by atoms with Crippen molar-refractivity contribution in [2.45, 2.75) is 12.8 Å². The molecule has 244 valence electrons. The summed E-state index contributed by atoms with van der Waals surface area (Å²) in [5.74, 6) is 0.0846. The average Bonchev–Trinajstić information content (AvgIpc) is 3.78. The quantitative estimate of drug-likeness (QED) is 0.162. The average molecular weight is 663 g/mol. The van der Waals surface area contributed by atoms with Crippen LogP contribution in [0.2, 0.25) is 0 Å². The van der Waals surface area contributed by atoms with Crippen molar-refractivity contribution in [3.63, 3.8) is 0 Å². The van der Waals surface area contributed by atoms with Crippen LogP contribution in [0.1, 0.15) is 38.2 Å². The van der Waals surface area contributed by atoms with Gasteiger partial charge >= 0.3 is 0 Å². The third kappa shape index (κ3) is 4.81. The largest absolute Gasteiger partial charge is 0.289 e. The minimum absolute atomic E-state index is 0.0846. The Morgan fingerprint density at radius 2 is 0.654 bits per heavy atom. The molecular formula is C51H34O. The predicted octanol–water partition coefficient (Wildman–Crippen LogP) is 12.7. The molecule has 0 aliphatic heterocycles. The van der Waals surface area contributed by atoms with Crippen LogP contribution in [0.25, 0.3) is 66.8 Å². The third-order valence-corrected chi connectivity index (χ3v) is 11.0. The van der Waals surface area contributed by atoms with E-state index in [-0.39, 0.29) is 5.78 Å². The van der Waals surface area contributed by atoms with E-state index in [0.717, 1.165) is 77.9 Å². The summed E-state index contributed by atoms with van der Waals surface area (Å²) in [5, 5.41) is 0. The van der Waals surface area contributed by atoms with Crippen molar-refractivity contribution in [3.05, 3.63) is 215 Å². The van der Waals surface area contributed by atoms with Crippen LogP contribution in [-0.2, 0) is 12.8 Å². The minimum Gasteiger partial charge on any atom is -0.289 e. The maximum atomic E-state index is 16.4. The van der Waals surface area contributed by atoms with Crippen molar-refractivity contribution in [1.29, 1.82) is 0 Å². The molecule has 0 spiro atoms. The third-order valence-electron chi connectivity index (χ3n) is 11.0. The number of rotatable bonds is 6. The molecule has 0 atom stereocenters. The number of carbonyl (C=O) groups excluding carboxylic acids is 1. The van der Waals surface area contributed by atoms with Crippen LogP contribution < -0.4 is 0 Å². The topological polar surface area (TPSA) is 17.1 Å². The molecule has 0 N–H and O–H groups in total. The summed E-state index contributed by atoms with van der Waals surface area (Å²) in [5.41, 5.74) is 19.5. The van der Waals surface area contributed by atoms with Gasteiger partial charge in [0.25, 0.3) is 0 Å². The van der Waals surface area contributed by atoms with Gasteiger partial charge in [-0.05, 0) is 103 Å². The maximum Gasteiger partial charge on any atom is 0.194 e. The van der Waals surface area contributed by atoms with Crippen molar-refractivity contribution in [1.82, 2.24) is 0 Å². The molecule has 0 saturated carbocycles. The van der Waals surface area contributed by atoms with Crippen LogP contribution in [0.5, 0.6) is 0 Å². The fourth-order valence-corrected chi connectivity index (χ4v) is 8.68. The normalized spacial score (nSPS) is 12.2. The molecule has 1 nitrogen and oxygen atoms in total. The van der Waals surface area contributed by atoms with Crippen LogP contribution in [0.15, 0.2) is 182 Å². The van der Waals surface area contributed by atoms with Crippen molar-refractivity contribution in [2.24, 2.45) is 0 Å². The van der Waals surface area contributed by atoms with Crippen molar-refractivity contribution in [3.8, 4) is 66.8 Å². The van der Waals surface area contributed by atoms with E-state index in [2.05, 4.69) is 182 Å². The Hall–Kier alpha value is -6.57. The molecule has 0 amide bonds. The molecule has 0 radical (unpaired) electrons. The molecule has 0 unspecified atom stereocenters. The molecule has 0 heterocycles. The standard InChI is InChI=1S/C51H34O/c52-51(49-45-29-37-25-13-15-27-39(37)43(45)31-41(33-17-5-1-6-18-33)47(49)35-21-9-3-10-22-35)50-46-30-38-26-14-16-28-40(38)44(46)32-42(34-19-7-2-8-20-34)48(50)36-23-11-4-12-24-36/h1-28,31-32H,29-30H2. The minimum atomic E-state index is 0.0846. The summed E-state index contributed by atoms with van der Waals surface area (Å²) in [4.78, 5) is 16.4. The van der Waals surface area contributed by atoms with Gasteiger partial charge in [0.05, 0.1) is 0 Å². The van der Waals surface area contributed by atoms with Crippen LogP contribution in [0.4, 0.5) is 0 Å². The highest BCUT2D eigenvalue weighted by molar-refractivity contribution is 6.23. The zero-order valence-corrected chi connectivity index (χ0v) is 28.6. The highest BCUT2D eigenvalue weighted by Gasteiger charge is 2.35. The van der Waals surface area contributed by atoms with E-state index >= 15 is 4.79 Å². The zero-order valence-electron chi connectivity index (χ0n) is 28.6. The van der Waals surface area contributed by atoms with E-state index in [0.29, 0.717) is 12.8 Å². The highest BCUT2D eigenvalue weighted by atomic mass is 16.1. The number of hydrogen-bond donors (Lipinski definition) is 0. The molecule has 10 rings (SSSR count). The van der Waals surface area contributed by atoms with Gasteiger partial charge in [-0.1, -0.05) is 170 Å². The molecule has 8 aromatic rings. The van der Waals surface area contributed by atoms with Gasteiger partial charge in [-0.2, -0.15) is 0 Å². The van der Waals surface area contributed by atoms with Crippen LogP contribution in [-0.4, -0.2) is 5.78 Å². The first-order valence-corrected chi connectivity index (χ1v) is 18.1. The monoisotopic (exact) mass is 662 g/mol. The molecule has 0 aromatic heterocycles. The number of benzene rings is 8.